The smallest absolute Gasteiger partial charge is 0.229 e. The molecule has 0 saturated heterocycles. The highest BCUT2D eigenvalue weighted by molar-refractivity contribution is 6.31. The Bertz CT molecular complexity index is 657. The van der Waals surface area contributed by atoms with Crippen LogP contribution in [0, 0.1) is 0 Å². The van der Waals surface area contributed by atoms with Crippen molar-refractivity contribution in [2.45, 2.75) is 18.9 Å². The summed E-state index contributed by atoms with van der Waals surface area (Å²) in [6, 6.07) is 14.9. The van der Waals surface area contributed by atoms with Gasteiger partial charge in [0.2, 0.25) is 5.91 Å². The van der Waals surface area contributed by atoms with E-state index >= 15 is 0 Å². The molecule has 2 aromatic rings. The molecule has 0 fully saturated rings. The van der Waals surface area contributed by atoms with E-state index in [9.17, 15) is 9.90 Å². The Morgan fingerprint density at radius 1 is 1.24 bits per heavy atom. The Balaban J connectivity index is 1.75. The molecule has 1 aliphatic rings. The van der Waals surface area contributed by atoms with Gasteiger partial charge in [0.15, 0.2) is 0 Å². The molecule has 0 radical (unpaired) electrons. The lowest BCUT2D eigenvalue weighted by Gasteiger charge is -2.19. The molecule has 0 aliphatic carbocycles. The highest BCUT2D eigenvalue weighted by atomic mass is 35.5. The fraction of sp³-hybridized carbons (Fsp3) is 0.235. The van der Waals surface area contributed by atoms with Crippen molar-refractivity contribution >= 4 is 23.2 Å². The van der Waals surface area contributed by atoms with Crippen LogP contribution in [0.3, 0.4) is 0 Å². The van der Waals surface area contributed by atoms with E-state index in [2.05, 4.69) is 0 Å². The molecule has 0 spiro atoms. The van der Waals surface area contributed by atoms with Crippen LogP contribution in [0.25, 0.3) is 0 Å². The van der Waals surface area contributed by atoms with Crippen LogP contribution >= 0.6 is 11.6 Å². The minimum Gasteiger partial charge on any atom is -0.388 e. The predicted octanol–water partition coefficient (Wildman–Crippen LogP) is 3.35. The number of rotatable bonds is 3. The molecule has 2 aromatic carbocycles. The van der Waals surface area contributed by atoms with Crippen molar-refractivity contribution in [2.24, 2.45) is 0 Å². The number of aliphatic hydroxyl groups excluding tert-OH is 1. The van der Waals surface area contributed by atoms with Crippen LogP contribution < -0.4 is 4.90 Å². The summed E-state index contributed by atoms with van der Waals surface area (Å²) in [6.07, 6.45) is 0.136. The van der Waals surface area contributed by atoms with E-state index in [0.717, 1.165) is 23.2 Å². The Morgan fingerprint density at radius 3 is 2.76 bits per heavy atom. The van der Waals surface area contributed by atoms with Gasteiger partial charge in [0.1, 0.15) is 0 Å². The highest BCUT2D eigenvalue weighted by Crippen LogP contribution is 2.32. The van der Waals surface area contributed by atoms with Crippen molar-refractivity contribution in [2.75, 3.05) is 11.4 Å². The Morgan fingerprint density at radius 2 is 2.00 bits per heavy atom. The predicted molar refractivity (Wildman–Crippen MR) is 83.5 cm³/mol. The number of amides is 1. The van der Waals surface area contributed by atoms with Gasteiger partial charge in [-0.25, -0.2) is 0 Å². The summed E-state index contributed by atoms with van der Waals surface area (Å²) in [5, 5.41) is 10.8. The van der Waals surface area contributed by atoms with Gasteiger partial charge in [-0.05, 0) is 29.7 Å². The molecule has 1 unspecified atom stereocenters. The van der Waals surface area contributed by atoms with Crippen molar-refractivity contribution in [1.82, 2.24) is 0 Å². The molecular formula is C17H16ClNO2. The molecule has 1 atom stereocenters. The maximum absolute atomic E-state index is 12.4. The lowest BCUT2D eigenvalue weighted by Crippen LogP contribution is -2.30. The first-order valence-electron chi connectivity index (χ1n) is 6.97. The van der Waals surface area contributed by atoms with E-state index in [1.807, 2.05) is 48.5 Å². The molecule has 4 heteroatoms. The lowest BCUT2D eigenvalue weighted by atomic mass is 10.1. The summed E-state index contributed by atoms with van der Waals surface area (Å²) in [4.78, 5) is 14.1. The third-order valence-corrected chi connectivity index (χ3v) is 4.03. The van der Waals surface area contributed by atoms with E-state index in [1.165, 1.54) is 0 Å². The number of benzene rings is 2. The number of carbonyl (C=O) groups is 1. The molecule has 1 amide bonds. The first kappa shape index (κ1) is 14.1. The molecule has 108 valence electrons. The maximum Gasteiger partial charge on any atom is 0.229 e. The quantitative estimate of drug-likeness (QED) is 0.944. The third kappa shape index (κ3) is 2.94. The van der Waals surface area contributed by atoms with Crippen LogP contribution in [-0.4, -0.2) is 17.6 Å². The molecule has 3 nitrogen and oxygen atoms in total. The van der Waals surface area contributed by atoms with Gasteiger partial charge < -0.3 is 10.0 Å². The summed E-state index contributed by atoms with van der Waals surface area (Å²) < 4.78 is 0. The number of anilines is 1. The first-order chi connectivity index (χ1) is 10.1. The van der Waals surface area contributed by atoms with E-state index in [-0.39, 0.29) is 12.3 Å². The normalized spacial score (nSPS) is 14.9. The zero-order chi connectivity index (χ0) is 14.8. The van der Waals surface area contributed by atoms with Gasteiger partial charge in [-0.3, -0.25) is 4.79 Å². The van der Waals surface area contributed by atoms with Crippen LogP contribution in [0.4, 0.5) is 5.69 Å². The highest BCUT2D eigenvalue weighted by Gasteiger charge is 2.26. The van der Waals surface area contributed by atoms with Crippen molar-refractivity contribution in [3.8, 4) is 0 Å². The first-order valence-corrected chi connectivity index (χ1v) is 7.35. The van der Waals surface area contributed by atoms with Crippen LogP contribution in [0.5, 0.6) is 0 Å². The third-order valence-electron chi connectivity index (χ3n) is 3.80. The number of hydrogen-bond acceptors (Lipinski definition) is 2. The molecule has 1 N–H and O–H groups in total. The molecule has 21 heavy (non-hydrogen) atoms. The van der Waals surface area contributed by atoms with Crippen LogP contribution in [0.15, 0.2) is 48.5 Å². The second-order valence-electron chi connectivity index (χ2n) is 5.20. The summed E-state index contributed by atoms with van der Waals surface area (Å²) >= 11 is 6.01. The van der Waals surface area contributed by atoms with Crippen molar-refractivity contribution in [3.05, 3.63) is 64.7 Å². The largest absolute Gasteiger partial charge is 0.388 e. The minimum absolute atomic E-state index is 0.0765. The van der Waals surface area contributed by atoms with Gasteiger partial charge in [0, 0.05) is 17.3 Å². The van der Waals surface area contributed by atoms with E-state index < -0.39 is 6.10 Å². The van der Waals surface area contributed by atoms with Gasteiger partial charge in [0.25, 0.3) is 0 Å². The van der Waals surface area contributed by atoms with E-state index in [1.54, 1.807) is 4.90 Å². The second kappa shape index (κ2) is 5.88. The number of nitrogens with zero attached hydrogens (tertiary/aromatic N) is 1. The van der Waals surface area contributed by atoms with E-state index in [0.29, 0.717) is 11.6 Å². The molecule has 3 rings (SSSR count). The molecule has 0 bridgehead atoms. The monoisotopic (exact) mass is 301 g/mol. The van der Waals surface area contributed by atoms with E-state index in [4.69, 9.17) is 11.6 Å². The van der Waals surface area contributed by atoms with Gasteiger partial charge in [0.05, 0.1) is 12.5 Å². The number of carbonyl (C=O) groups excluding carboxylic acids is 1. The van der Waals surface area contributed by atoms with Crippen LogP contribution in [0.2, 0.25) is 5.02 Å². The Labute approximate surface area is 128 Å². The summed E-state index contributed by atoms with van der Waals surface area (Å²) in [5.74, 6) is -0.0765. The molecule has 0 saturated carbocycles. The average molecular weight is 302 g/mol. The van der Waals surface area contributed by atoms with Gasteiger partial charge in [-0.1, -0.05) is 48.0 Å². The van der Waals surface area contributed by atoms with Crippen molar-refractivity contribution < 1.29 is 9.90 Å². The Hall–Kier alpha value is -1.84. The topological polar surface area (TPSA) is 40.5 Å². The summed E-state index contributed by atoms with van der Waals surface area (Å²) in [5.41, 5.74) is 2.76. The summed E-state index contributed by atoms with van der Waals surface area (Å²) in [6.45, 7) is 0.649. The lowest BCUT2D eigenvalue weighted by molar-refractivity contribution is -0.120. The fourth-order valence-corrected chi connectivity index (χ4v) is 2.85. The van der Waals surface area contributed by atoms with Gasteiger partial charge in [-0.2, -0.15) is 0 Å². The average Bonchev–Trinajstić information content (AvgIpc) is 2.91. The SMILES string of the molecule is O=C(CC(O)c1ccccc1)N1CCc2ccc(Cl)cc21. The van der Waals surface area contributed by atoms with Crippen LogP contribution in [-0.2, 0) is 11.2 Å². The minimum atomic E-state index is -0.776. The maximum atomic E-state index is 12.4. The zero-order valence-corrected chi connectivity index (χ0v) is 12.3. The summed E-state index contributed by atoms with van der Waals surface area (Å²) in [7, 11) is 0. The standard InChI is InChI=1S/C17H16ClNO2/c18-14-7-6-12-8-9-19(15(12)10-14)17(21)11-16(20)13-4-2-1-3-5-13/h1-7,10,16,20H,8-9,11H2. The number of fused-ring (bicyclic) bond motifs is 1. The molecular weight excluding hydrogens is 286 g/mol. The van der Waals surface area contributed by atoms with Crippen molar-refractivity contribution in [3.63, 3.8) is 0 Å². The zero-order valence-electron chi connectivity index (χ0n) is 11.5. The number of hydrogen-bond donors (Lipinski definition) is 1. The van der Waals surface area contributed by atoms with Crippen molar-refractivity contribution in [1.29, 1.82) is 0 Å². The number of halogens is 1. The van der Waals surface area contributed by atoms with Gasteiger partial charge >= 0.3 is 0 Å². The molecule has 0 aromatic heterocycles. The van der Waals surface area contributed by atoms with Crippen LogP contribution in [0.1, 0.15) is 23.7 Å². The Kier molecular flexibility index (Phi) is 3.95. The fourth-order valence-electron chi connectivity index (χ4n) is 2.68. The number of aliphatic hydroxyl groups is 1. The molecule has 1 heterocycles. The van der Waals surface area contributed by atoms with Gasteiger partial charge in [-0.15, -0.1) is 0 Å². The molecule has 1 aliphatic heterocycles. The second-order valence-corrected chi connectivity index (χ2v) is 5.64.